The van der Waals surface area contributed by atoms with Crippen molar-refractivity contribution in [3.05, 3.63) is 57.6 Å². The van der Waals surface area contributed by atoms with Gasteiger partial charge in [-0.2, -0.15) is 26.3 Å². The van der Waals surface area contributed by atoms with Gasteiger partial charge in [-0.3, -0.25) is 9.59 Å². The molecule has 0 fully saturated rings. The van der Waals surface area contributed by atoms with Crippen LogP contribution in [0.5, 0.6) is 0 Å². The second-order valence-corrected chi connectivity index (χ2v) is 11.0. The van der Waals surface area contributed by atoms with Crippen LogP contribution in [0.3, 0.4) is 0 Å². The van der Waals surface area contributed by atoms with E-state index in [0.717, 1.165) is 31.4 Å². The summed E-state index contributed by atoms with van der Waals surface area (Å²) in [7, 11) is -3.47. The molecule has 0 aromatic heterocycles. The molecule has 1 atom stereocenters. The standard InChI is InChI=1S/C22H20ClF7N2O4S/c1-10-6-13(20(24,21(25,26)27)22(28,29)30)4-5-14(10)12-7-15(18(31)33)17(16(23)8-12)19(34)32-11(2)9-37(3,35)36/h4-8,11H,9H2,1-3H3,(H2,31,33)(H,32,34)/t11-/m0/s1. The second kappa shape index (κ2) is 10.1. The molecule has 0 aliphatic carbocycles. The number of halogens is 8. The van der Waals surface area contributed by atoms with Crippen LogP contribution in [-0.4, -0.2) is 50.6 Å². The third-order valence-corrected chi connectivity index (χ3v) is 6.63. The van der Waals surface area contributed by atoms with Crippen molar-refractivity contribution >= 4 is 33.3 Å². The normalized spacial score (nSPS) is 13.8. The van der Waals surface area contributed by atoms with Crippen LogP contribution in [-0.2, 0) is 15.5 Å². The molecule has 2 rings (SSSR count). The van der Waals surface area contributed by atoms with Gasteiger partial charge in [-0.05, 0) is 42.7 Å². The zero-order chi connectivity index (χ0) is 28.7. The Morgan fingerprint density at radius 1 is 1.03 bits per heavy atom. The van der Waals surface area contributed by atoms with E-state index in [9.17, 15) is 48.7 Å². The Morgan fingerprint density at radius 3 is 2.00 bits per heavy atom. The van der Waals surface area contributed by atoms with Gasteiger partial charge >= 0.3 is 18.0 Å². The largest absolute Gasteiger partial charge is 0.435 e. The number of nitrogens with one attached hydrogen (secondary N) is 1. The number of hydrogen-bond acceptors (Lipinski definition) is 4. The summed E-state index contributed by atoms with van der Waals surface area (Å²) in [5.74, 6) is -2.54. The molecule has 2 aromatic rings. The summed E-state index contributed by atoms with van der Waals surface area (Å²) >= 11 is 6.17. The number of benzene rings is 2. The molecule has 0 spiro atoms. The highest BCUT2D eigenvalue weighted by Gasteiger charge is 2.73. The molecule has 0 heterocycles. The lowest BCUT2D eigenvalue weighted by atomic mass is 9.89. The molecule has 37 heavy (non-hydrogen) atoms. The van der Waals surface area contributed by atoms with Crippen molar-refractivity contribution in [1.82, 2.24) is 5.32 Å². The van der Waals surface area contributed by atoms with Gasteiger partial charge in [0.15, 0.2) is 0 Å². The van der Waals surface area contributed by atoms with Gasteiger partial charge in [-0.1, -0.05) is 29.8 Å². The molecule has 2 aromatic carbocycles. The molecule has 0 bridgehead atoms. The van der Waals surface area contributed by atoms with E-state index >= 15 is 0 Å². The Morgan fingerprint density at radius 2 is 1.57 bits per heavy atom. The maximum atomic E-state index is 14.4. The molecule has 0 saturated heterocycles. The maximum Gasteiger partial charge on any atom is 0.435 e. The number of rotatable bonds is 7. The minimum absolute atomic E-state index is 0.0212. The van der Waals surface area contributed by atoms with E-state index in [0.29, 0.717) is 12.1 Å². The average Bonchev–Trinajstić information content (AvgIpc) is 2.68. The summed E-state index contributed by atoms with van der Waals surface area (Å²) in [5.41, 5.74) is -3.17. The number of alkyl halides is 7. The molecule has 0 unspecified atom stereocenters. The lowest BCUT2D eigenvalue weighted by Gasteiger charge is -2.30. The number of sulfone groups is 1. The Kier molecular flexibility index (Phi) is 8.30. The van der Waals surface area contributed by atoms with Gasteiger partial charge in [-0.15, -0.1) is 0 Å². The summed E-state index contributed by atoms with van der Waals surface area (Å²) in [6, 6.07) is 2.68. The van der Waals surface area contributed by atoms with E-state index in [-0.39, 0.29) is 21.7 Å². The first kappa shape index (κ1) is 30.4. The Hall–Kier alpha value is -2.87. The average molecular weight is 577 g/mol. The second-order valence-electron chi connectivity index (χ2n) is 8.40. The van der Waals surface area contributed by atoms with E-state index in [2.05, 4.69) is 5.32 Å². The van der Waals surface area contributed by atoms with Crippen molar-refractivity contribution in [2.75, 3.05) is 12.0 Å². The molecule has 204 valence electrons. The lowest BCUT2D eigenvalue weighted by Crippen LogP contribution is -2.50. The van der Waals surface area contributed by atoms with Gasteiger partial charge in [0.2, 0.25) is 5.91 Å². The van der Waals surface area contributed by atoms with E-state index in [1.807, 2.05) is 0 Å². The summed E-state index contributed by atoms with van der Waals surface area (Å²) in [5, 5.41) is 1.98. The first-order chi connectivity index (χ1) is 16.6. The predicted octanol–water partition coefficient (Wildman–Crippen LogP) is 4.87. The van der Waals surface area contributed by atoms with Crippen LogP contribution >= 0.6 is 11.6 Å². The third-order valence-electron chi connectivity index (χ3n) is 5.23. The van der Waals surface area contributed by atoms with Crippen LogP contribution in [0.25, 0.3) is 11.1 Å². The molecule has 2 amide bonds. The first-order valence-electron chi connectivity index (χ1n) is 10.2. The summed E-state index contributed by atoms with van der Waals surface area (Å²) < 4.78 is 116. The quantitative estimate of drug-likeness (QED) is 0.459. The number of carbonyl (C=O) groups is 2. The molecule has 0 radical (unpaired) electrons. The highest BCUT2D eigenvalue weighted by Crippen LogP contribution is 2.53. The topological polar surface area (TPSA) is 106 Å². The van der Waals surface area contributed by atoms with Crippen molar-refractivity contribution in [1.29, 1.82) is 0 Å². The molecule has 0 saturated carbocycles. The monoisotopic (exact) mass is 576 g/mol. The van der Waals surface area contributed by atoms with Gasteiger partial charge in [-0.25, -0.2) is 12.8 Å². The van der Waals surface area contributed by atoms with Gasteiger partial charge < -0.3 is 11.1 Å². The molecule has 0 aliphatic heterocycles. The first-order valence-corrected chi connectivity index (χ1v) is 12.6. The SMILES string of the molecule is Cc1cc(C(F)(C(F)(F)F)C(F)(F)F)ccc1-c1cc(Cl)c(C(=O)N[C@@H](C)CS(C)(=O)=O)c(C(N)=O)c1. The van der Waals surface area contributed by atoms with Crippen LogP contribution in [0, 0.1) is 6.92 Å². The lowest BCUT2D eigenvalue weighted by molar-refractivity contribution is -0.348. The molecular weight excluding hydrogens is 557 g/mol. The molecule has 6 nitrogen and oxygen atoms in total. The number of hydrogen-bond donors (Lipinski definition) is 2. The highest BCUT2D eigenvalue weighted by molar-refractivity contribution is 7.90. The fourth-order valence-electron chi connectivity index (χ4n) is 3.67. The fourth-order valence-corrected chi connectivity index (χ4v) is 4.97. The Labute approximate surface area is 211 Å². The van der Waals surface area contributed by atoms with E-state index < -0.39 is 68.2 Å². The fraction of sp³-hybridized carbons (Fsp3) is 0.364. The van der Waals surface area contributed by atoms with Crippen molar-refractivity contribution in [3.63, 3.8) is 0 Å². The zero-order valence-corrected chi connectivity index (χ0v) is 20.9. The van der Waals surface area contributed by atoms with Gasteiger partial charge in [0.05, 0.1) is 21.9 Å². The van der Waals surface area contributed by atoms with E-state index in [1.165, 1.54) is 6.92 Å². The van der Waals surface area contributed by atoms with Crippen molar-refractivity contribution in [3.8, 4) is 11.1 Å². The number of amides is 2. The summed E-state index contributed by atoms with van der Waals surface area (Å²) in [6.45, 7) is 2.49. The van der Waals surface area contributed by atoms with Crippen LogP contribution in [0.1, 0.15) is 38.8 Å². The van der Waals surface area contributed by atoms with E-state index in [4.69, 9.17) is 17.3 Å². The van der Waals surface area contributed by atoms with Gasteiger partial charge in [0.25, 0.3) is 5.91 Å². The smallest absolute Gasteiger partial charge is 0.366 e. The molecule has 0 aliphatic rings. The Balaban J connectivity index is 2.60. The number of aryl methyl sites for hydroxylation is 1. The van der Waals surface area contributed by atoms with Crippen LogP contribution in [0.4, 0.5) is 30.7 Å². The van der Waals surface area contributed by atoms with Gasteiger partial charge in [0.1, 0.15) is 9.84 Å². The van der Waals surface area contributed by atoms with Crippen molar-refractivity contribution in [2.24, 2.45) is 5.73 Å². The highest BCUT2D eigenvalue weighted by atomic mass is 35.5. The van der Waals surface area contributed by atoms with Crippen LogP contribution in [0.2, 0.25) is 5.02 Å². The van der Waals surface area contributed by atoms with Gasteiger partial charge in [0, 0.05) is 17.9 Å². The van der Waals surface area contributed by atoms with Crippen LogP contribution in [0.15, 0.2) is 30.3 Å². The number of primary amides is 1. The molecule has 15 heteroatoms. The number of nitrogens with two attached hydrogens (primary N) is 1. The molecule has 3 N–H and O–H groups in total. The molecular formula is C22H20ClF7N2O4S. The summed E-state index contributed by atoms with van der Waals surface area (Å²) in [6.07, 6.45) is -11.7. The van der Waals surface area contributed by atoms with E-state index in [1.54, 1.807) is 0 Å². The van der Waals surface area contributed by atoms with Crippen molar-refractivity contribution in [2.45, 2.75) is 37.9 Å². The minimum Gasteiger partial charge on any atom is -0.366 e. The predicted molar refractivity (Wildman–Crippen MR) is 122 cm³/mol. The zero-order valence-electron chi connectivity index (χ0n) is 19.3. The summed E-state index contributed by atoms with van der Waals surface area (Å²) in [4.78, 5) is 24.7. The van der Waals surface area contributed by atoms with Crippen molar-refractivity contribution < 1.29 is 48.7 Å². The third kappa shape index (κ3) is 6.35. The van der Waals surface area contributed by atoms with Crippen LogP contribution < -0.4 is 11.1 Å². The Bertz CT molecular complexity index is 1330. The number of carbonyl (C=O) groups excluding carboxylic acids is 2. The maximum absolute atomic E-state index is 14.4. The minimum atomic E-state index is -6.30.